The molecule has 0 bridgehead atoms. The lowest BCUT2D eigenvalue weighted by molar-refractivity contribution is 0.357. The van der Waals surface area contributed by atoms with Crippen molar-refractivity contribution in [1.29, 1.82) is 0 Å². The third-order valence-corrected chi connectivity index (χ3v) is 5.56. The second-order valence-electron chi connectivity index (χ2n) is 7.54. The Bertz CT molecular complexity index is 1040. The van der Waals surface area contributed by atoms with Crippen LogP contribution in [0, 0.1) is 13.8 Å². The first-order chi connectivity index (χ1) is 14.7. The Morgan fingerprint density at radius 2 is 1.97 bits per heavy atom. The number of nitrogens with zero attached hydrogens (tertiary/aromatic N) is 3. The molecular formula is C24H29N5O. The number of fused-ring (bicyclic) bond motifs is 1. The summed E-state index contributed by atoms with van der Waals surface area (Å²) < 4.78 is 7.59. The van der Waals surface area contributed by atoms with E-state index in [2.05, 4.69) is 59.8 Å². The Morgan fingerprint density at radius 1 is 1.13 bits per heavy atom. The molecule has 0 saturated carbocycles. The van der Waals surface area contributed by atoms with Crippen molar-refractivity contribution in [2.75, 3.05) is 20.2 Å². The molecule has 0 atom stereocenters. The number of benzene rings is 2. The minimum atomic E-state index is 0.681. The zero-order chi connectivity index (χ0) is 20.9. The van der Waals surface area contributed by atoms with Gasteiger partial charge >= 0.3 is 0 Å². The van der Waals surface area contributed by atoms with Gasteiger partial charge in [-0.05, 0) is 49.6 Å². The molecule has 1 aliphatic heterocycles. The molecule has 3 aromatic rings. The third kappa shape index (κ3) is 4.32. The highest BCUT2D eigenvalue weighted by molar-refractivity contribution is 5.79. The molecule has 30 heavy (non-hydrogen) atoms. The molecule has 1 aliphatic rings. The number of aromatic nitrogens is 2. The summed E-state index contributed by atoms with van der Waals surface area (Å²) in [5, 5.41) is 11.6. The van der Waals surface area contributed by atoms with Crippen LogP contribution in [0.2, 0.25) is 0 Å². The fourth-order valence-corrected chi connectivity index (χ4v) is 3.86. The van der Waals surface area contributed by atoms with Crippen molar-refractivity contribution in [3.8, 4) is 11.4 Å². The van der Waals surface area contributed by atoms with E-state index in [1.54, 1.807) is 7.05 Å². The van der Waals surface area contributed by atoms with Crippen molar-refractivity contribution in [1.82, 2.24) is 20.4 Å². The molecule has 0 amide bonds. The van der Waals surface area contributed by atoms with Crippen LogP contribution in [0.3, 0.4) is 0 Å². The van der Waals surface area contributed by atoms with Gasteiger partial charge < -0.3 is 15.4 Å². The van der Waals surface area contributed by atoms with Gasteiger partial charge in [-0.15, -0.1) is 0 Å². The predicted molar refractivity (Wildman–Crippen MR) is 121 cm³/mol. The average Bonchev–Trinajstić information content (AvgIpc) is 3.35. The number of ether oxygens (including phenoxy) is 1. The van der Waals surface area contributed by atoms with E-state index in [-0.39, 0.29) is 0 Å². The third-order valence-electron chi connectivity index (χ3n) is 5.56. The van der Waals surface area contributed by atoms with Gasteiger partial charge in [-0.2, -0.15) is 5.10 Å². The summed E-state index contributed by atoms with van der Waals surface area (Å²) in [6.07, 6.45) is 1.95. The SMILES string of the molecule is CN=C(NCCc1ccc2c(c1)CCO2)NCc1c(C)nn(-c2ccccc2)c1C. The Kier molecular flexibility index (Phi) is 6.02. The van der Waals surface area contributed by atoms with Gasteiger partial charge in [0.25, 0.3) is 0 Å². The molecule has 2 heterocycles. The van der Waals surface area contributed by atoms with Crippen LogP contribution in [0.1, 0.15) is 28.1 Å². The molecule has 0 fully saturated rings. The van der Waals surface area contributed by atoms with Crippen molar-refractivity contribution in [2.45, 2.75) is 33.2 Å². The molecule has 6 nitrogen and oxygen atoms in total. The summed E-state index contributed by atoms with van der Waals surface area (Å²) >= 11 is 0. The van der Waals surface area contributed by atoms with Crippen molar-refractivity contribution in [2.24, 2.45) is 4.99 Å². The highest BCUT2D eigenvalue weighted by Crippen LogP contribution is 2.25. The number of aliphatic imine (C=N–C) groups is 1. The molecule has 0 aliphatic carbocycles. The number of para-hydroxylation sites is 1. The van der Waals surface area contributed by atoms with E-state index in [0.717, 1.165) is 54.8 Å². The standard InChI is InChI=1S/C24H29N5O/c1-17-22(18(2)29(28-17)21-7-5-4-6-8-21)16-27-24(25-3)26-13-11-19-9-10-23-20(15-19)12-14-30-23/h4-10,15H,11-14,16H2,1-3H3,(H2,25,26,27). The number of hydrogen-bond acceptors (Lipinski definition) is 3. The van der Waals surface area contributed by atoms with Crippen molar-refractivity contribution in [3.05, 3.63) is 76.6 Å². The fourth-order valence-electron chi connectivity index (χ4n) is 3.86. The van der Waals surface area contributed by atoms with Crippen LogP contribution >= 0.6 is 0 Å². The van der Waals surface area contributed by atoms with Crippen LogP contribution in [0.25, 0.3) is 5.69 Å². The maximum Gasteiger partial charge on any atom is 0.191 e. The Balaban J connectivity index is 1.33. The maximum atomic E-state index is 5.59. The van der Waals surface area contributed by atoms with E-state index in [1.165, 1.54) is 16.7 Å². The van der Waals surface area contributed by atoms with Crippen molar-refractivity contribution in [3.63, 3.8) is 0 Å². The first kappa shape index (κ1) is 20.0. The summed E-state index contributed by atoms with van der Waals surface area (Å²) in [5.74, 6) is 1.83. The molecule has 1 aromatic heterocycles. The lowest BCUT2D eigenvalue weighted by atomic mass is 10.1. The van der Waals surface area contributed by atoms with E-state index in [9.17, 15) is 0 Å². The monoisotopic (exact) mass is 403 g/mol. The van der Waals surface area contributed by atoms with Crippen LogP contribution in [0.15, 0.2) is 53.5 Å². The summed E-state index contributed by atoms with van der Waals surface area (Å²) in [7, 11) is 1.80. The first-order valence-electron chi connectivity index (χ1n) is 10.5. The van der Waals surface area contributed by atoms with Crippen molar-refractivity contribution >= 4 is 5.96 Å². The number of nitrogens with one attached hydrogen (secondary N) is 2. The van der Waals surface area contributed by atoms with E-state index in [0.29, 0.717) is 6.54 Å². The molecule has 156 valence electrons. The molecule has 4 rings (SSSR count). The molecule has 2 aromatic carbocycles. The van der Waals surface area contributed by atoms with E-state index < -0.39 is 0 Å². The molecule has 0 radical (unpaired) electrons. The molecule has 0 spiro atoms. The molecule has 2 N–H and O–H groups in total. The van der Waals surface area contributed by atoms with Crippen LogP contribution in [0.4, 0.5) is 0 Å². The van der Waals surface area contributed by atoms with Gasteiger partial charge in [-0.3, -0.25) is 4.99 Å². The van der Waals surface area contributed by atoms with Gasteiger partial charge in [0.1, 0.15) is 5.75 Å². The van der Waals surface area contributed by atoms with Crippen LogP contribution in [-0.2, 0) is 19.4 Å². The summed E-state index contributed by atoms with van der Waals surface area (Å²) in [6.45, 7) is 6.46. The van der Waals surface area contributed by atoms with E-state index >= 15 is 0 Å². The molecule has 0 saturated heterocycles. The zero-order valence-electron chi connectivity index (χ0n) is 17.9. The van der Waals surface area contributed by atoms with Gasteiger partial charge in [0, 0.05) is 37.8 Å². The Hall–Kier alpha value is -3.28. The van der Waals surface area contributed by atoms with Gasteiger partial charge in [-0.1, -0.05) is 30.3 Å². The van der Waals surface area contributed by atoms with Crippen LogP contribution < -0.4 is 15.4 Å². The predicted octanol–water partition coefficient (Wildman–Crippen LogP) is 3.33. The quantitative estimate of drug-likeness (QED) is 0.490. The number of guanidine groups is 1. The minimum Gasteiger partial charge on any atom is -0.493 e. The number of rotatable bonds is 6. The average molecular weight is 404 g/mol. The Labute approximate surface area is 178 Å². The van der Waals surface area contributed by atoms with Crippen LogP contribution in [0.5, 0.6) is 5.75 Å². The van der Waals surface area contributed by atoms with Crippen molar-refractivity contribution < 1.29 is 4.74 Å². The second-order valence-corrected chi connectivity index (χ2v) is 7.54. The number of hydrogen-bond donors (Lipinski definition) is 2. The summed E-state index contributed by atoms with van der Waals surface area (Å²) in [5.41, 5.74) is 7.07. The molecule has 6 heteroatoms. The summed E-state index contributed by atoms with van der Waals surface area (Å²) in [4.78, 5) is 4.36. The summed E-state index contributed by atoms with van der Waals surface area (Å²) in [6, 6.07) is 16.7. The van der Waals surface area contributed by atoms with Gasteiger partial charge in [-0.25, -0.2) is 4.68 Å². The first-order valence-corrected chi connectivity index (χ1v) is 10.5. The highest BCUT2D eigenvalue weighted by atomic mass is 16.5. The molecular weight excluding hydrogens is 374 g/mol. The number of aryl methyl sites for hydroxylation is 1. The normalized spacial score (nSPS) is 13.1. The lowest BCUT2D eigenvalue weighted by Gasteiger charge is -2.13. The minimum absolute atomic E-state index is 0.681. The lowest BCUT2D eigenvalue weighted by Crippen LogP contribution is -2.38. The topological polar surface area (TPSA) is 63.5 Å². The largest absolute Gasteiger partial charge is 0.493 e. The second kappa shape index (κ2) is 9.03. The van der Waals surface area contributed by atoms with E-state index in [1.807, 2.05) is 22.9 Å². The zero-order valence-corrected chi connectivity index (χ0v) is 17.9. The maximum absolute atomic E-state index is 5.59. The van der Waals surface area contributed by atoms with Gasteiger partial charge in [0.2, 0.25) is 0 Å². The molecule has 0 unspecified atom stereocenters. The highest BCUT2D eigenvalue weighted by Gasteiger charge is 2.14. The van der Waals surface area contributed by atoms with E-state index in [4.69, 9.17) is 9.84 Å². The fraction of sp³-hybridized carbons (Fsp3) is 0.333. The Morgan fingerprint density at radius 3 is 2.77 bits per heavy atom. The van der Waals surface area contributed by atoms with Crippen LogP contribution in [-0.4, -0.2) is 35.9 Å². The van der Waals surface area contributed by atoms with Gasteiger partial charge in [0.15, 0.2) is 5.96 Å². The van der Waals surface area contributed by atoms with Gasteiger partial charge in [0.05, 0.1) is 18.0 Å². The smallest absolute Gasteiger partial charge is 0.191 e.